The largest absolute Gasteiger partial charge is 0.221 e. The minimum Gasteiger partial charge on any atom is -0.221 e. The first-order valence-electron chi connectivity index (χ1n) is 5.12. The molecule has 0 atom stereocenters. The lowest BCUT2D eigenvalue weighted by Crippen LogP contribution is -1.86. The van der Waals surface area contributed by atoms with Gasteiger partial charge in [-0.25, -0.2) is 9.50 Å². The Kier molecular flexibility index (Phi) is 6.37. The van der Waals surface area contributed by atoms with Crippen molar-refractivity contribution in [3.63, 3.8) is 0 Å². The van der Waals surface area contributed by atoms with E-state index in [4.69, 9.17) is 0 Å². The monoisotopic (exact) mass is 193 g/mol. The third-order valence-corrected chi connectivity index (χ3v) is 1.42. The van der Waals surface area contributed by atoms with Crippen molar-refractivity contribution in [3.05, 3.63) is 30.2 Å². The van der Waals surface area contributed by atoms with Crippen LogP contribution >= 0.6 is 0 Å². The van der Waals surface area contributed by atoms with Crippen LogP contribution in [0.25, 0.3) is 5.65 Å². The van der Waals surface area contributed by atoms with Crippen molar-refractivity contribution in [3.8, 4) is 0 Å². The number of aryl methyl sites for hydroxylation is 1. The third-order valence-electron chi connectivity index (χ3n) is 1.42. The van der Waals surface area contributed by atoms with Gasteiger partial charge in [0.15, 0.2) is 5.65 Å². The highest BCUT2D eigenvalue weighted by molar-refractivity contribution is 5.36. The van der Waals surface area contributed by atoms with E-state index < -0.39 is 0 Å². The Hall–Kier alpha value is -1.38. The van der Waals surface area contributed by atoms with Crippen LogP contribution in [0.4, 0.5) is 0 Å². The summed E-state index contributed by atoms with van der Waals surface area (Å²) in [7, 11) is 0. The third kappa shape index (κ3) is 3.17. The quantitative estimate of drug-likeness (QED) is 0.643. The zero-order chi connectivity index (χ0) is 11.0. The SMILES string of the molecule is CC.CC.Cc1ccc2ncnn2c1. The van der Waals surface area contributed by atoms with Gasteiger partial charge in [0.1, 0.15) is 6.33 Å². The maximum absolute atomic E-state index is 4.01. The average Bonchev–Trinajstić information content (AvgIpc) is 2.71. The number of pyridine rings is 1. The van der Waals surface area contributed by atoms with Gasteiger partial charge in [0.25, 0.3) is 0 Å². The molecule has 3 nitrogen and oxygen atoms in total. The summed E-state index contributed by atoms with van der Waals surface area (Å²) in [4.78, 5) is 4.01. The zero-order valence-electron chi connectivity index (χ0n) is 9.65. The molecule has 0 saturated heterocycles. The fourth-order valence-electron chi connectivity index (χ4n) is 0.920. The average molecular weight is 193 g/mol. The van der Waals surface area contributed by atoms with Crippen LogP contribution in [-0.2, 0) is 0 Å². The van der Waals surface area contributed by atoms with Crippen LogP contribution in [0, 0.1) is 6.92 Å². The smallest absolute Gasteiger partial charge is 0.155 e. The van der Waals surface area contributed by atoms with E-state index in [1.54, 1.807) is 10.8 Å². The van der Waals surface area contributed by atoms with Crippen molar-refractivity contribution in [1.82, 2.24) is 14.6 Å². The number of nitrogens with zero attached hydrogens (tertiary/aromatic N) is 3. The highest BCUT2D eigenvalue weighted by Crippen LogP contribution is 1.99. The predicted molar refractivity (Wildman–Crippen MR) is 60.4 cm³/mol. The summed E-state index contributed by atoms with van der Waals surface area (Å²) in [5, 5.41) is 3.99. The fourth-order valence-corrected chi connectivity index (χ4v) is 0.920. The van der Waals surface area contributed by atoms with Gasteiger partial charge < -0.3 is 0 Å². The Balaban J connectivity index is 0.000000379. The lowest BCUT2D eigenvalue weighted by atomic mass is 10.3. The van der Waals surface area contributed by atoms with Crippen LogP contribution in [0.15, 0.2) is 24.7 Å². The molecule has 0 bridgehead atoms. The molecule has 3 heteroatoms. The molecule has 0 spiro atoms. The van der Waals surface area contributed by atoms with Gasteiger partial charge in [0.05, 0.1) is 0 Å². The van der Waals surface area contributed by atoms with Crippen molar-refractivity contribution in [2.24, 2.45) is 0 Å². The van der Waals surface area contributed by atoms with E-state index in [9.17, 15) is 0 Å². The maximum atomic E-state index is 4.01. The normalized spacial score (nSPS) is 8.36. The molecular formula is C11H19N3. The van der Waals surface area contributed by atoms with Gasteiger partial charge in [-0.2, -0.15) is 5.10 Å². The second-order valence-corrected chi connectivity index (χ2v) is 2.27. The molecule has 0 N–H and O–H groups in total. The van der Waals surface area contributed by atoms with Crippen molar-refractivity contribution >= 4 is 5.65 Å². The van der Waals surface area contributed by atoms with E-state index >= 15 is 0 Å². The second-order valence-electron chi connectivity index (χ2n) is 2.27. The Labute approximate surface area is 85.8 Å². The minimum atomic E-state index is 0.894. The molecule has 2 aromatic heterocycles. The predicted octanol–water partition coefficient (Wildman–Crippen LogP) is 3.09. The Morgan fingerprint density at radius 3 is 2.36 bits per heavy atom. The molecule has 0 aliphatic heterocycles. The van der Waals surface area contributed by atoms with E-state index in [1.807, 2.05) is 52.9 Å². The zero-order valence-corrected chi connectivity index (χ0v) is 9.65. The molecule has 14 heavy (non-hydrogen) atoms. The lowest BCUT2D eigenvalue weighted by Gasteiger charge is -1.91. The van der Waals surface area contributed by atoms with Gasteiger partial charge in [-0.1, -0.05) is 33.8 Å². The highest BCUT2D eigenvalue weighted by Gasteiger charge is 1.91. The Bertz CT molecular complexity index is 352. The van der Waals surface area contributed by atoms with Crippen molar-refractivity contribution in [2.75, 3.05) is 0 Å². The van der Waals surface area contributed by atoms with Crippen LogP contribution in [0.3, 0.4) is 0 Å². The maximum Gasteiger partial charge on any atom is 0.155 e. The first kappa shape index (κ1) is 12.6. The summed E-state index contributed by atoms with van der Waals surface area (Å²) in [5.74, 6) is 0. The number of hydrogen-bond donors (Lipinski definition) is 0. The molecule has 78 valence electrons. The number of hydrogen-bond acceptors (Lipinski definition) is 2. The molecule has 0 saturated carbocycles. The van der Waals surface area contributed by atoms with E-state index in [2.05, 4.69) is 10.1 Å². The molecule has 0 unspecified atom stereocenters. The van der Waals surface area contributed by atoms with Crippen LogP contribution in [0.1, 0.15) is 33.3 Å². The van der Waals surface area contributed by atoms with Crippen molar-refractivity contribution in [1.29, 1.82) is 0 Å². The van der Waals surface area contributed by atoms with Crippen LogP contribution < -0.4 is 0 Å². The molecular weight excluding hydrogens is 174 g/mol. The first-order valence-corrected chi connectivity index (χ1v) is 5.12. The summed E-state index contributed by atoms with van der Waals surface area (Å²) in [6, 6.07) is 3.96. The van der Waals surface area contributed by atoms with E-state index in [0.717, 1.165) is 5.65 Å². The molecule has 0 aliphatic carbocycles. The van der Waals surface area contributed by atoms with Gasteiger partial charge in [0.2, 0.25) is 0 Å². The van der Waals surface area contributed by atoms with Crippen molar-refractivity contribution < 1.29 is 0 Å². The molecule has 2 heterocycles. The van der Waals surface area contributed by atoms with Crippen molar-refractivity contribution in [2.45, 2.75) is 34.6 Å². The molecule has 2 rings (SSSR count). The van der Waals surface area contributed by atoms with Gasteiger partial charge in [-0.15, -0.1) is 0 Å². The molecule has 0 aliphatic rings. The molecule has 0 fully saturated rings. The molecule has 0 radical (unpaired) electrons. The summed E-state index contributed by atoms with van der Waals surface area (Å²) in [5.41, 5.74) is 2.09. The Morgan fingerprint density at radius 2 is 1.71 bits per heavy atom. The first-order chi connectivity index (χ1) is 6.86. The lowest BCUT2D eigenvalue weighted by molar-refractivity contribution is 0.952. The van der Waals surface area contributed by atoms with Gasteiger partial charge in [-0.3, -0.25) is 0 Å². The van der Waals surface area contributed by atoms with Gasteiger partial charge >= 0.3 is 0 Å². The summed E-state index contributed by atoms with van der Waals surface area (Å²) in [6.07, 6.45) is 3.50. The number of rotatable bonds is 0. The van der Waals surface area contributed by atoms with E-state index in [0.29, 0.717) is 0 Å². The standard InChI is InChI=1S/C7H7N3.2C2H6/c1-6-2-3-7-8-5-9-10(7)4-6;2*1-2/h2-5H,1H3;2*1-2H3. The Morgan fingerprint density at radius 1 is 1.07 bits per heavy atom. The topological polar surface area (TPSA) is 30.2 Å². The summed E-state index contributed by atoms with van der Waals surface area (Å²) < 4.78 is 1.76. The van der Waals surface area contributed by atoms with Gasteiger partial charge in [0, 0.05) is 6.20 Å². The van der Waals surface area contributed by atoms with E-state index in [1.165, 1.54) is 5.56 Å². The molecule has 0 aromatic carbocycles. The van der Waals surface area contributed by atoms with E-state index in [-0.39, 0.29) is 0 Å². The second kappa shape index (κ2) is 7.06. The summed E-state index contributed by atoms with van der Waals surface area (Å²) in [6.45, 7) is 10.0. The highest BCUT2D eigenvalue weighted by atomic mass is 15.3. The molecule has 0 amide bonds. The van der Waals surface area contributed by atoms with Crippen LogP contribution in [0.5, 0.6) is 0 Å². The van der Waals surface area contributed by atoms with Crippen LogP contribution in [0.2, 0.25) is 0 Å². The number of fused-ring (bicyclic) bond motifs is 1. The van der Waals surface area contributed by atoms with Crippen LogP contribution in [-0.4, -0.2) is 14.6 Å². The minimum absolute atomic E-state index is 0.894. The number of aromatic nitrogens is 3. The fraction of sp³-hybridized carbons (Fsp3) is 0.455. The van der Waals surface area contributed by atoms with Gasteiger partial charge in [-0.05, 0) is 18.6 Å². The summed E-state index contributed by atoms with van der Waals surface area (Å²) >= 11 is 0. The molecule has 2 aromatic rings.